The maximum absolute atomic E-state index is 12.2. The minimum atomic E-state index is -3.66. The number of sulfonamides is 1. The van der Waals surface area contributed by atoms with Crippen molar-refractivity contribution in [2.45, 2.75) is 24.0 Å². The van der Waals surface area contributed by atoms with Crippen LogP contribution in [0.2, 0.25) is 0 Å². The number of ether oxygens (including phenoxy) is 1. The topological polar surface area (TPSA) is 88.6 Å². The van der Waals surface area contributed by atoms with Crippen LogP contribution in [-0.2, 0) is 14.8 Å². The van der Waals surface area contributed by atoms with Crippen molar-refractivity contribution in [3.8, 4) is 5.88 Å². The van der Waals surface area contributed by atoms with Crippen LogP contribution in [0.4, 0.5) is 0 Å². The second-order valence-corrected chi connectivity index (χ2v) is 6.30. The third-order valence-corrected chi connectivity index (χ3v) is 4.81. The van der Waals surface area contributed by atoms with E-state index in [2.05, 4.69) is 9.71 Å². The molecular weight excluding hydrogens is 270 g/mol. The molecule has 1 aromatic heterocycles. The van der Waals surface area contributed by atoms with Crippen molar-refractivity contribution in [3.63, 3.8) is 0 Å². The van der Waals surface area contributed by atoms with Gasteiger partial charge in [0.25, 0.3) is 0 Å². The van der Waals surface area contributed by atoms with Crippen LogP contribution in [0.15, 0.2) is 23.2 Å². The van der Waals surface area contributed by atoms with Gasteiger partial charge in [-0.15, -0.1) is 0 Å². The summed E-state index contributed by atoms with van der Waals surface area (Å²) in [5.41, 5.74) is 0. The second-order valence-electron chi connectivity index (χ2n) is 4.61. The summed E-state index contributed by atoms with van der Waals surface area (Å²) in [7, 11) is -3.66. The second kappa shape index (κ2) is 4.17. The molecule has 0 aromatic carbocycles. The molecular formula is C11H13N3O4S. The molecule has 8 heteroatoms. The number of likely N-dealkylation sites (tertiary alicyclic amines) is 1. The number of nitrogens with zero attached hydrogens (tertiary/aromatic N) is 2. The third kappa shape index (κ3) is 2.06. The van der Waals surface area contributed by atoms with Crippen molar-refractivity contribution in [2.24, 2.45) is 0 Å². The van der Waals surface area contributed by atoms with Crippen molar-refractivity contribution in [3.05, 3.63) is 18.3 Å². The van der Waals surface area contributed by atoms with Gasteiger partial charge in [0.15, 0.2) is 0 Å². The Hall–Kier alpha value is -1.67. The van der Waals surface area contributed by atoms with Crippen LogP contribution in [-0.4, -0.2) is 49.4 Å². The molecule has 102 valence electrons. The highest BCUT2D eigenvalue weighted by Crippen LogP contribution is 2.28. The molecule has 2 aliphatic rings. The summed E-state index contributed by atoms with van der Waals surface area (Å²) < 4.78 is 32.6. The van der Waals surface area contributed by atoms with Gasteiger partial charge in [-0.05, 0) is 12.1 Å². The fourth-order valence-electron chi connectivity index (χ4n) is 2.34. The van der Waals surface area contributed by atoms with Crippen LogP contribution in [0, 0.1) is 0 Å². The molecule has 1 amide bonds. The van der Waals surface area contributed by atoms with Gasteiger partial charge in [0.05, 0.1) is 12.6 Å². The van der Waals surface area contributed by atoms with E-state index in [4.69, 9.17) is 4.74 Å². The molecule has 0 saturated carbocycles. The lowest BCUT2D eigenvalue weighted by atomic mass is 10.2. The minimum absolute atomic E-state index is 0.0405. The first-order chi connectivity index (χ1) is 8.97. The Balaban J connectivity index is 1.99. The Labute approximate surface area is 110 Å². The summed E-state index contributed by atoms with van der Waals surface area (Å²) in [6.45, 7) is 2.12. The van der Waals surface area contributed by atoms with Crippen LogP contribution in [0.5, 0.6) is 5.88 Å². The van der Waals surface area contributed by atoms with Gasteiger partial charge in [-0.3, -0.25) is 4.79 Å². The number of hydrogen-bond acceptors (Lipinski definition) is 5. The molecule has 2 unspecified atom stereocenters. The average molecular weight is 283 g/mol. The average Bonchev–Trinajstić information content (AvgIpc) is 2.68. The molecule has 2 aliphatic heterocycles. The highest BCUT2D eigenvalue weighted by atomic mass is 32.2. The Kier molecular flexibility index (Phi) is 2.72. The van der Waals surface area contributed by atoms with Gasteiger partial charge in [-0.1, -0.05) is 0 Å². The summed E-state index contributed by atoms with van der Waals surface area (Å²) in [6, 6.07) is 2.56. The van der Waals surface area contributed by atoms with Crippen LogP contribution in [0.25, 0.3) is 0 Å². The Bertz CT molecular complexity index is 631. The quantitative estimate of drug-likeness (QED) is 0.683. The van der Waals surface area contributed by atoms with Crippen molar-refractivity contribution >= 4 is 15.9 Å². The van der Waals surface area contributed by atoms with Gasteiger partial charge in [-0.2, -0.15) is 0 Å². The molecule has 3 heterocycles. The maximum atomic E-state index is 12.2. The van der Waals surface area contributed by atoms with Gasteiger partial charge < -0.3 is 9.64 Å². The monoisotopic (exact) mass is 283 g/mol. The summed E-state index contributed by atoms with van der Waals surface area (Å²) in [6.07, 6.45) is 1.07. The normalized spacial score (nSPS) is 27.9. The highest BCUT2D eigenvalue weighted by Gasteiger charge is 2.42. The lowest BCUT2D eigenvalue weighted by Crippen LogP contribution is -2.42. The third-order valence-electron chi connectivity index (χ3n) is 3.31. The van der Waals surface area contributed by atoms with Gasteiger partial charge in [-0.25, -0.2) is 18.1 Å². The summed E-state index contributed by atoms with van der Waals surface area (Å²) in [4.78, 5) is 16.9. The number of nitrogens with one attached hydrogen (secondary N) is 1. The molecule has 3 rings (SSSR count). The molecule has 0 bridgehead atoms. The number of carbonyl (C=O) groups is 1. The van der Waals surface area contributed by atoms with E-state index in [1.165, 1.54) is 19.2 Å². The number of carbonyl (C=O) groups excluding carboxylic acids is 1. The van der Waals surface area contributed by atoms with Gasteiger partial charge in [0.2, 0.25) is 21.8 Å². The van der Waals surface area contributed by atoms with E-state index in [1.54, 1.807) is 11.0 Å². The van der Waals surface area contributed by atoms with Gasteiger partial charge in [0, 0.05) is 19.7 Å². The Morgan fingerprint density at radius 3 is 3.05 bits per heavy atom. The number of amides is 1. The number of aromatic nitrogens is 1. The van der Waals surface area contributed by atoms with E-state index in [1.807, 2.05) is 0 Å². The lowest BCUT2D eigenvalue weighted by Gasteiger charge is -2.14. The van der Waals surface area contributed by atoms with Crippen LogP contribution >= 0.6 is 0 Å². The summed E-state index contributed by atoms with van der Waals surface area (Å²) >= 11 is 0. The zero-order chi connectivity index (χ0) is 13.6. The molecule has 1 aromatic rings. The van der Waals surface area contributed by atoms with Crippen molar-refractivity contribution < 1.29 is 17.9 Å². The molecule has 7 nitrogen and oxygen atoms in total. The Morgan fingerprint density at radius 2 is 2.32 bits per heavy atom. The van der Waals surface area contributed by atoms with Gasteiger partial charge in [0.1, 0.15) is 11.0 Å². The fraction of sp³-hybridized carbons (Fsp3) is 0.455. The SMILES string of the molecule is CC(=O)N1CC2NS(=O)(=O)c3cccnc3OC2C1. The molecule has 2 atom stereocenters. The van der Waals surface area contributed by atoms with E-state index in [-0.39, 0.29) is 16.7 Å². The number of rotatable bonds is 0. The maximum Gasteiger partial charge on any atom is 0.246 e. The zero-order valence-electron chi connectivity index (χ0n) is 10.2. The van der Waals surface area contributed by atoms with E-state index >= 15 is 0 Å². The molecule has 1 N–H and O–H groups in total. The Morgan fingerprint density at radius 1 is 1.53 bits per heavy atom. The van der Waals surface area contributed by atoms with Crippen LogP contribution in [0.1, 0.15) is 6.92 Å². The van der Waals surface area contributed by atoms with Crippen molar-refractivity contribution in [1.29, 1.82) is 0 Å². The van der Waals surface area contributed by atoms with Gasteiger partial charge >= 0.3 is 0 Å². The number of pyridine rings is 1. The first-order valence-electron chi connectivity index (χ1n) is 5.87. The molecule has 1 fully saturated rings. The largest absolute Gasteiger partial charge is 0.470 e. The van der Waals surface area contributed by atoms with Crippen LogP contribution in [0.3, 0.4) is 0 Å². The molecule has 19 heavy (non-hydrogen) atoms. The number of hydrogen-bond donors (Lipinski definition) is 1. The van der Waals surface area contributed by atoms with Crippen molar-refractivity contribution in [1.82, 2.24) is 14.6 Å². The standard InChI is InChI=1S/C11H13N3O4S/c1-7(15)14-5-8-9(6-14)18-11-10(3-2-4-12-11)19(16,17)13-8/h2-4,8-9,13H,5-6H2,1H3. The molecule has 0 spiro atoms. The predicted octanol–water partition coefficient (Wildman–Crippen LogP) is -0.648. The van der Waals surface area contributed by atoms with E-state index < -0.39 is 22.2 Å². The smallest absolute Gasteiger partial charge is 0.246 e. The van der Waals surface area contributed by atoms with Crippen molar-refractivity contribution in [2.75, 3.05) is 13.1 Å². The lowest BCUT2D eigenvalue weighted by molar-refractivity contribution is -0.128. The van der Waals surface area contributed by atoms with E-state index in [9.17, 15) is 13.2 Å². The highest BCUT2D eigenvalue weighted by molar-refractivity contribution is 7.89. The summed E-state index contributed by atoms with van der Waals surface area (Å²) in [5.74, 6) is -0.00924. The first kappa shape index (κ1) is 12.4. The van der Waals surface area contributed by atoms with E-state index in [0.29, 0.717) is 13.1 Å². The molecule has 1 saturated heterocycles. The fourth-order valence-corrected chi connectivity index (χ4v) is 3.68. The predicted molar refractivity (Wildman–Crippen MR) is 65.0 cm³/mol. The summed E-state index contributed by atoms with van der Waals surface area (Å²) in [5, 5.41) is 0. The zero-order valence-corrected chi connectivity index (χ0v) is 11.1. The van der Waals surface area contributed by atoms with Crippen LogP contribution < -0.4 is 9.46 Å². The minimum Gasteiger partial charge on any atom is -0.470 e. The molecule has 0 radical (unpaired) electrons. The van der Waals surface area contributed by atoms with E-state index in [0.717, 1.165) is 0 Å². The number of fused-ring (bicyclic) bond motifs is 2. The molecule has 0 aliphatic carbocycles. The first-order valence-corrected chi connectivity index (χ1v) is 7.35.